The normalized spacial score (nSPS) is 25.3. The molecule has 18 heavy (non-hydrogen) atoms. The topological polar surface area (TPSA) is 15.3 Å². The van der Waals surface area contributed by atoms with Crippen molar-refractivity contribution in [3.63, 3.8) is 0 Å². The molecule has 1 aromatic carbocycles. The van der Waals surface area contributed by atoms with Gasteiger partial charge in [0.15, 0.2) is 0 Å². The highest BCUT2D eigenvalue weighted by Crippen LogP contribution is 2.35. The van der Waals surface area contributed by atoms with Gasteiger partial charge in [-0.3, -0.25) is 4.90 Å². The quantitative estimate of drug-likeness (QED) is 0.921. The Kier molecular flexibility index (Phi) is 4.76. The van der Waals surface area contributed by atoms with Gasteiger partial charge in [0.2, 0.25) is 0 Å². The molecule has 0 aliphatic carbocycles. The van der Waals surface area contributed by atoms with Gasteiger partial charge in [-0.15, -0.1) is 0 Å². The van der Waals surface area contributed by atoms with Crippen LogP contribution < -0.4 is 5.32 Å². The molecule has 4 heteroatoms. The number of rotatable bonds is 3. The smallest absolute Gasteiger partial charge is 0.137 e. The number of benzene rings is 1. The number of hydrogen-bond acceptors (Lipinski definition) is 2. The SMILES string of the molecule is CNCC1CCCN(C)C1c1ccc(Br)c(F)c1. The van der Waals surface area contributed by atoms with Crippen LogP contribution in [-0.4, -0.2) is 32.1 Å². The lowest BCUT2D eigenvalue weighted by Crippen LogP contribution is -2.39. The van der Waals surface area contributed by atoms with Gasteiger partial charge in [-0.2, -0.15) is 0 Å². The van der Waals surface area contributed by atoms with E-state index in [4.69, 9.17) is 0 Å². The van der Waals surface area contributed by atoms with Crippen molar-refractivity contribution < 1.29 is 4.39 Å². The molecule has 2 nitrogen and oxygen atoms in total. The Bertz CT molecular complexity index is 409. The first-order valence-corrected chi connectivity index (χ1v) is 7.22. The molecule has 0 spiro atoms. The fourth-order valence-corrected chi connectivity index (χ4v) is 3.21. The van der Waals surface area contributed by atoms with Crippen LogP contribution in [0.25, 0.3) is 0 Å². The van der Waals surface area contributed by atoms with Gasteiger partial charge >= 0.3 is 0 Å². The monoisotopic (exact) mass is 314 g/mol. The fourth-order valence-electron chi connectivity index (χ4n) is 2.96. The Hall–Kier alpha value is -0.450. The highest BCUT2D eigenvalue weighted by atomic mass is 79.9. The first-order valence-electron chi connectivity index (χ1n) is 6.43. The zero-order valence-corrected chi connectivity index (χ0v) is 12.5. The average Bonchev–Trinajstić information content (AvgIpc) is 2.34. The van der Waals surface area contributed by atoms with E-state index in [0.29, 0.717) is 16.4 Å². The van der Waals surface area contributed by atoms with Crippen molar-refractivity contribution >= 4 is 15.9 Å². The van der Waals surface area contributed by atoms with E-state index in [0.717, 1.165) is 18.7 Å². The maximum absolute atomic E-state index is 13.7. The summed E-state index contributed by atoms with van der Waals surface area (Å²) < 4.78 is 14.2. The van der Waals surface area contributed by atoms with Crippen LogP contribution in [0.2, 0.25) is 0 Å². The highest BCUT2D eigenvalue weighted by Gasteiger charge is 2.30. The Morgan fingerprint density at radius 3 is 2.94 bits per heavy atom. The zero-order chi connectivity index (χ0) is 13.1. The third-order valence-electron chi connectivity index (χ3n) is 3.76. The van der Waals surface area contributed by atoms with Gasteiger partial charge in [0.05, 0.1) is 4.47 Å². The summed E-state index contributed by atoms with van der Waals surface area (Å²) in [6.45, 7) is 2.06. The largest absolute Gasteiger partial charge is 0.319 e. The molecule has 0 bridgehead atoms. The second-order valence-corrected chi connectivity index (χ2v) is 5.91. The van der Waals surface area contributed by atoms with Crippen LogP contribution >= 0.6 is 15.9 Å². The van der Waals surface area contributed by atoms with Gasteiger partial charge in [-0.1, -0.05) is 6.07 Å². The van der Waals surface area contributed by atoms with Crippen LogP contribution in [0.15, 0.2) is 22.7 Å². The summed E-state index contributed by atoms with van der Waals surface area (Å²) in [6, 6.07) is 5.82. The van der Waals surface area contributed by atoms with E-state index in [1.807, 2.05) is 19.2 Å². The molecular formula is C14H20BrFN2. The van der Waals surface area contributed by atoms with Crippen LogP contribution in [0, 0.1) is 11.7 Å². The summed E-state index contributed by atoms with van der Waals surface area (Å²) in [7, 11) is 4.11. The van der Waals surface area contributed by atoms with Gasteiger partial charge in [0, 0.05) is 6.04 Å². The van der Waals surface area contributed by atoms with E-state index >= 15 is 0 Å². The molecule has 2 rings (SSSR count). The number of hydrogen-bond donors (Lipinski definition) is 1. The van der Waals surface area contributed by atoms with Crippen LogP contribution in [0.3, 0.4) is 0 Å². The van der Waals surface area contributed by atoms with Crippen molar-refractivity contribution in [1.29, 1.82) is 0 Å². The molecule has 1 fully saturated rings. The first-order chi connectivity index (χ1) is 8.63. The Morgan fingerprint density at radius 2 is 2.28 bits per heavy atom. The third kappa shape index (κ3) is 2.92. The summed E-state index contributed by atoms with van der Waals surface area (Å²) >= 11 is 3.21. The zero-order valence-electron chi connectivity index (χ0n) is 10.9. The summed E-state index contributed by atoms with van der Waals surface area (Å²) in [5.41, 5.74) is 1.08. The van der Waals surface area contributed by atoms with Crippen LogP contribution in [0.1, 0.15) is 24.4 Å². The molecule has 1 aliphatic heterocycles. The highest BCUT2D eigenvalue weighted by molar-refractivity contribution is 9.10. The molecule has 100 valence electrons. The number of halogens is 2. The van der Waals surface area contributed by atoms with Gasteiger partial charge in [-0.25, -0.2) is 4.39 Å². The fraction of sp³-hybridized carbons (Fsp3) is 0.571. The van der Waals surface area contributed by atoms with E-state index in [-0.39, 0.29) is 5.82 Å². The van der Waals surface area contributed by atoms with Crippen molar-refractivity contribution in [3.05, 3.63) is 34.1 Å². The lowest BCUT2D eigenvalue weighted by Gasteiger charge is -2.39. The Labute approximate surface area is 117 Å². The van der Waals surface area contributed by atoms with Gasteiger partial charge in [0.1, 0.15) is 5.82 Å². The Balaban J connectivity index is 2.28. The second kappa shape index (κ2) is 6.13. The molecule has 2 atom stereocenters. The maximum Gasteiger partial charge on any atom is 0.137 e. The van der Waals surface area contributed by atoms with Crippen molar-refractivity contribution in [1.82, 2.24) is 10.2 Å². The number of nitrogens with zero attached hydrogens (tertiary/aromatic N) is 1. The summed E-state index contributed by atoms with van der Waals surface area (Å²) in [5, 5.41) is 3.25. The van der Waals surface area contributed by atoms with E-state index in [1.54, 1.807) is 6.07 Å². The molecule has 0 radical (unpaired) electrons. The second-order valence-electron chi connectivity index (χ2n) is 5.06. The number of likely N-dealkylation sites (tertiary alicyclic amines) is 1. The summed E-state index contributed by atoms with van der Waals surface area (Å²) in [4.78, 5) is 2.34. The Morgan fingerprint density at radius 1 is 1.50 bits per heavy atom. The van der Waals surface area contributed by atoms with E-state index < -0.39 is 0 Å². The van der Waals surface area contributed by atoms with Crippen LogP contribution in [0.5, 0.6) is 0 Å². The van der Waals surface area contributed by atoms with Crippen molar-refractivity contribution in [3.8, 4) is 0 Å². The van der Waals surface area contributed by atoms with E-state index in [2.05, 4.69) is 33.2 Å². The molecular weight excluding hydrogens is 295 g/mol. The minimum atomic E-state index is -0.172. The summed E-state index contributed by atoms with van der Waals surface area (Å²) in [6.07, 6.45) is 2.42. The molecule has 1 aliphatic rings. The third-order valence-corrected chi connectivity index (χ3v) is 4.40. The van der Waals surface area contributed by atoms with Gasteiger partial charge in [0.25, 0.3) is 0 Å². The first kappa shape index (κ1) is 14.0. The van der Waals surface area contributed by atoms with Crippen LogP contribution in [-0.2, 0) is 0 Å². The predicted octanol–water partition coefficient (Wildman–Crippen LogP) is 3.19. The molecule has 0 aromatic heterocycles. The minimum absolute atomic E-state index is 0.172. The minimum Gasteiger partial charge on any atom is -0.319 e. The summed E-state index contributed by atoms with van der Waals surface area (Å²) in [5.74, 6) is 0.379. The molecule has 0 saturated carbocycles. The number of nitrogens with one attached hydrogen (secondary N) is 1. The molecule has 1 N–H and O–H groups in total. The lowest BCUT2D eigenvalue weighted by atomic mass is 9.85. The molecule has 0 amide bonds. The average molecular weight is 315 g/mol. The molecule has 2 unspecified atom stereocenters. The van der Waals surface area contributed by atoms with Crippen molar-refractivity contribution in [2.75, 3.05) is 27.2 Å². The number of piperidine rings is 1. The molecule has 1 aromatic rings. The maximum atomic E-state index is 13.7. The van der Waals surface area contributed by atoms with Gasteiger partial charge < -0.3 is 5.32 Å². The van der Waals surface area contributed by atoms with Crippen molar-refractivity contribution in [2.45, 2.75) is 18.9 Å². The predicted molar refractivity (Wildman–Crippen MR) is 76.1 cm³/mol. The molecule has 1 heterocycles. The van der Waals surface area contributed by atoms with Crippen molar-refractivity contribution in [2.24, 2.45) is 5.92 Å². The van der Waals surface area contributed by atoms with Gasteiger partial charge in [-0.05, 0) is 79.6 Å². The molecule has 1 saturated heterocycles. The van der Waals surface area contributed by atoms with E-state index in [1.165, 1.54) is 12.8 Å². The van der Waals surface area contributed by atoms with Crippen LogP contribution in [0.4, 0.5) is 4.39 Å². The van der Waals surface area contributed by atoms with E-state index in [9.17, 15) is 4.39 Å². The lowest BCUT2D eigenvalue weighted by molar-refractivity contribution is 0.120. The standard InChI is InChI=1S/C14H20BrFN2/c1-17-9-11-4-3-7-18(2)14(11)10-5-6-12(15)13(16)8-10/h5-6,8,11,14,17H,3-4,7,9H2,1-2H3.